The number of hydrogen-bond donors (Lipinski definition) is 0. The van der Waals surface area contributed by atoms with Gasteiger partial charge < -0.3 is 0 Å². The van der Waals surface area contributed by atoms with Crippen molar-refractivity contribution in [2.24, 2.45) is 0 Å². The van der Waals surface area contributed by atoms with Gasteiger partial charge in [-0.2, -0.15) is 0 Å². The number of hydrogen-bond acceptors (Lipinski definition) is 1. The van der Waals surface area contributed by atoms with Crippen molar-refractivity contribution >= 4 is 33.9 Å². The van der Waals surface area contributed by atoms with Gasteiger partial charge in [-0.3, -0.25) is 0 Å². The van der Waals surface area contributed by atoms with E-state index < -0.39 is 17.1 Å². The van der Waals surface area contributed by atoms with Crippen LogP contribution in [-0.4, -0.2) is 0 Å². The summed E-state index contributed by atoms with van der Waals surface area (Å²) in [4.78, 5) is -0.468. The maximum absolute atomic E-state index is 12.5. The van der Waals surface area contributed by atoms with Gasteiger partial charge in [0.2, 0.25) is 0 Å². The van der Waals surface area contributed by atoms with E-state index in [4.69, 9.17) is 0 Å². The van der Waals surface area contributed by atoms with Crippen molar-refractivity contribution in [3.05, 3.63) is 19.6 Å². The maximum atomic E-state index is 12.5. The van der Waals surface area contributed by atoms with Crippen molar-refractivity contribution in [1.29, 1.82) is 0 Å². The fourth-order valence-corrected chi connectivity index (χ4v) is 1.99. The van der Waals surface area contributed by atoms with Crippen LogP contribution in [0.3, 0.4) is 0 Å². The molecule has 1 aromatic heterocycles. The lowest BCUT2D eigenvalue weighted by Crippen LogP contribution is -1.82. The number of thiophene rings is 1. The van der Waals surface area contributed by atoms with Gasteiger partial charge in [0.15, 0.2) is 5.82 Å². The topological polar surface area (TPSA) is 0 Å². The van der Waals surface area contributed by atoms with Gasteiger partial charge in [-0.1, -0.05) is 0 Å². The Bertz CT molecular complexity index is 233. The van der Waals surface area contributed by atoms with Crippen LogP contribution in [0.4, 0.5) is 13.2 Å². The molecule has 0 aliphatic rings. The molecule has 0 unspecified atom stereocenters. The van der Waals surface area contributed by atoms with Crippen LogP contribution in [0.1, 0.15) is 11.3 Å². The average molecular weight is 278 g/mol. The minimum atomic E-state index is -2.69. The Kier molecular flexibility index (Phi) is 2.56. The summed E-state index contributed by atoms with van der Waals surface area (Å²) in [6.45, 7) is 0. The standard InChI is InChI=1S/C5H2F3IS/c6-3-2(9)1-10-4(3)5(7)8/h1,5H. The molecular weight excluding hydrogens is 276 g/mol. The molecule has 56 valence electrons. The summed E-state index contributed by atoms with van der Waals surface area (Å²) in [7, 11) is 0. The summed E-state index contributed by atoms with van der Waals surface area (Å²) in [5.74, 6) is -0.777. The first-order valence-corrected chi connectivity index (χ1v) is 4.29. The van der Waals surface area contributed by atoms with Crippen molar-refractivity contribution < 1.29 is 13.2 Å². The highest BCUT2D eigenvalue weighted by molar-refractivity contribution is 14.1. The smallest absolute Gasteiger partial charge is 0.204 e. The number of rotatable bonds is 1. The van der Waals surface area contributed by atoms with Crippen LogP contribution in [0.2, 0.25) is 0 Å². The minimum Gasteiger partial charge on any atom is -0.204 e. The highest BCUT2D eigenvalue weighted by atomic mass is 127. The van der Waals surface area contributed by atoms with Crippen molar-refractivity contribution in [3.63, 3.8) is 0 Å². The summed E-state index contributed by atoms with van der Waals surface area (Å²) in [5.41, 5.74) is 0. The number of halogens is 4. The predicted octanol–water partition coefficient (Wildman–Crippen LogP) is 3.43. The molecule has 0 aliphatic heterocycles. The molecule has 0 atom stereocenters. The van der Waals surface area contributed by atoms with E-state index in [1.54, 1.807) is 22.6 Å². The molecule has 0 bridgehead atoms. The van der Waals surface area contributed by atoms with Crippen molar-refractivity contribution in [3.8, 4) is 0 Å². The molecule has 1 heterocycles. The van der Waals surface area contributed by atoms with E-state index in [2.05, 4.69) is 0 Å². The number of alkyl halides is 2. The van der Waals surface area contributed by atoms with Gasteiger partial charge in [0.25, 0.3) is 6.43 Å². The minimum absolute atomic E-state index is 0.262. The van der Waals surface area contributed by atoms with Crippen molar-refractivity contribution in [1.82, 2.24) is 0 Å². The Morgan fingerprint density at radius 2 is 2.10 bits per heavy atom. The zero-order chi connectivity index (χ0) is 7.72. The zero-order valence-corrected chi connectivity index (χ0v) is 7.55. The predicted molar refractivity (Wildman–Crippen MR) is 42.0 cm³/mol. The Hall–Kier alpha value is 0.220. The molecule has 0 nitrogen and oxygen atoms in total. The van der Waals surface area contributed by atoms with E-state index in [-0.39, 0.29) is 3.57 Å². The van der Waals surface area contributed by atoms with Gasteiger partial charge >= 0.3 is 0 Å². The fourth-order valence-electron chi connectivity index (χ4n) is 0.484. The Morgan fingerprint density at radius 1 is 1.50 bits per heavy atom. The molecule has 0 aromatic carbocycles. The highest BCUT2D eigenvalue weighted by Crippen LogP contribution is 2.30. The summed E-state index contributed by atoms with van der Waals surface area (Å²) >= 11 is 2.43. The van der Waals surface area contributed by atoms with E-state index in [0.717, 1.165) is 11.3 Å². The normalized spacial score (nSPS) is 10.9. The van der Waals surface area contributed by atoms with E-state index in [0.29, 0.717) is 0 Å². The molecule has 0 aliphatic carbocycles. The third-order valence-corrected chi connectivity index (χ3v) is 3.09. The second-order valence-electron chi connectivity index (χ2n) is 1.56. The molecule has 5 heteroatoms. The Morgan fingerprint density at radius 3 is 2.30 bits per heavy atom. The lowest BCUT2D eigenvalue weighted by Gasteiger charge is -1.91. The Balaban J connectivity index is 3.05. The molecule has 10 heavy (non-hydrogen) atoms. The third-order valence-electron chi connectivity index (χ3n) is 0.914. The second kappa shape index (κ2) is 3.08. The first-order chi connectivity index (χ1) is 4.63. The van der Waals surface area contributed by atoms with Gasteiger partial charge in [0, 0.05) is 5.38 Å². The van der Waals surface area contributed by atoms with Crippen LogP contribution in [0.25, 0.3) is 0 Å². The van der Waals surface area contributed by atoms with Gasteiger partial charge in [-0.05, 0) is 22.6 Å². The molecule has 0 saturated heterocycles. The third kappa shape index (κ3) is 1.45. The first kappa shape index (κ1) is 8.32. The molecular formula is C5H2F3IS. The molecule has 1 rings (SSSR count). The zero-order valence-electron chi connectivity index (χ0n) is 4.57. The van der Waals surface area contributed by atoms with Crippen LogP contribution < -0.4 is 0 Å². The summed E-state index contributed by atoms with van der Waals surface area (Å²) < 4.78 is 36.4. The monoisotopic (exact) mass is 278 g/mol. The van der Waals surface area contributed by atoms with Crippen LogP contribution in [0.15, 0.2) is 5.38 Å². The molecule has 0 amide bonds. The molecule has 0 fully saturated rings. The van der Waals surface area contributed by atoms with Gasteiger partial charge in [0.1, 0.15) is 4.88 Å². The molecule has 0 spiro atoms. The highest BCUT2D eigenvalue weighted by Gasteiger charge is 2.17. The van der Waals surface area contributed by atoms with E-state index >= 15 is 0 Å². The van der Waals surface area contributed by atoms with Crippen molar-refractivity contribution in [2.45, 2.75) is 6.43 Å². The van der Waals surface area contributed by atoms with Crippen molar-refractivity contribution in [2.75, 3.05) is 0 Å². The lowest BCUT2D eigenvalue weighted by molar-refractivity contribution is 0.151. The van der Waals surface area contributed by atoms with E-state index in [1.807, 2.05) is 0 Å². The van der Waals surface area contributed by atoms with Crippen LogP contribution in [0.5, 0.6) is 0 Å². The van der Waals surface area contributed by atoms with Crippen LogP contribution in [-0.2, 0) is 0 Å². The quantitative estimate of drug-likeness (QED) is 0.690. The molecule has 0 radical (unpaired) electrons. The van der Waals surface area contributed by atoms with Crippen LogP contribution in [0, 0.1) is 9.39 Å². The van der Waals surface area contributed by atoms with Gasteiger partial charge in [-0.25, -0.2) is 13.2 Å². The molecule has 1 aromatic rings. The van der Waals surface area contributed by atoms with Gasteiger partial charge in [-0.15, -0.1) is 11.3 Å². The maximum Gasteiger partial charge on any atom is 0.275 e. The summed E-state index contributed by atoms with van der Waals surface area (Å²) in [6, 6.07) is 0. The second-order valence-corrected chi connectivity index (χ2v) is 3.64. The Labute approximate surface area is 73.2 Å². The first-order valence-electron chi connectivity index (χ1n) is 2.33. The van der Waals surface area contributed by atoms with E-state index in [9.17, 15) is 13.2 Å². The van der Waals surface area contributed by atoms with Gasteiger partial charge in [0.05, 0.1) is 3.57 Å². The fraction of sp³-hybridized carbons (Fsp3) is 0.200. The lowest BCUT2D eigenvalue weighted by atomic mass is 10.5. The molecule has 0 saturated carbocycles. The summed E-state index contributed by atoms with van der Waals surface area (Å²) in [5, 5.41) is 1.37. The SMILES string of the molecule is Fc1c(I)csc1C(F)F. The largest absolute Gasteiger partial charge is 0.275 e. The van der Waals surface area contributed by atoms with E-state index in [1.165, 1.54) is 5.38 Å². The van der Waals surface area contributed by atoms with Crippen LogP contribution >= 0.6 is 33.9 Å². The average Bonchev–Trinajstić information content (AvgIpc) is 2.14. The molecule has 0 N–H and O–H groups in total. The summed E-state index contributed by atoms with van der Waals surface area (Å²) in [6.07, 6.45) is -2.69.